The summed E-state index contributed by atoms with van der Waals surface area (Å²) < 4.78 is 5.95. The Kier molecular flexibility index (Phi) is 8.63. The van der Waals surface area contributed by atoms with Gasteiger partial charge in [0.15, 0.2) is 11.5 Å². The lowest BCUT2D eigenvalue weighted by Gasteiger charge is -2.27. The summed E-state index contributed by atoms with van der Waals surface area (Å²) in [4.78, 5) is 31.2. The highest BCUT2D eigenvalue weighted by atomic mass is 35.5. The molecule has 6 rings (SSSR count). The number of piperazine rings is 1. The predicted molar refractivity (Wildman–Crippen MR) is 154 cm³/mol. The Hall–Kier alpha value is -3.50. The molecular weight excluding hydrogens is 525 g/mol. The van der Waals surface area contributed by atoms with Crippen LogP contribution in [0, 0.1) is 0 Å². The zero-order valence-electron chi connectivity index (χ0n) is 20.8. The first-order chi connectivity index (χ1) is 17.7. The Morgan fingerprint density at radius 1 is 1.00 bits per heavy atom. The molecule has 38 heavy (non-hydrogen) atoms. The van der Waals surface area contributed by atoms with Crippen LogP contribution in [0.2, 0.25) is 0 Å². The molecular formula is C27H29Cl2N7O2. The second-order valence-corrected chi connectivity index (χ2v) is 9.09. The summed E-state index contributed by atoms with van der Waals surface area (Å²) in [6, 6.07) is 15.8. The van der Waals surface area contributed by atoms with Crippen molar-refractivity contribution in [3.05, 3.63) is 82.9 Å². The number of H-pyrrole nitrogens is 1. The molecule has 3 N–H and O–H groups in total. The van der Waals surface area contributed by atoms with Gasteiger partial charge in [-0.3, -0.25) is 4.90 Å². The molecule has 1 fully saturated rings. The van der Waals surface area contributed by atoms with Crippen molar-refractivity contribution in [3.8, 4) is 11.1 Å². The van der Waals surface area contributed by atoms with Crippen molar-refractivity contribution < 1.29 is 4.42 Å². The van der Waals surface area contributed by atoms with Crippen molar-refractivity contribution in [1.29, 1.82) is 0 Å². The van der Waals surface area contributed by atoms with Crippen LogP contribution in [0.5, 0.6) is 0 Å². The van der Waals surface area contributed by atoms with Crippen molar-refractivity contribution in [2.24, 2.45) is 0 Å². The van der Waals surface area contributed by atoms with E-state index in [4.69, 9.17) is 4.42 Å². The fraction of sp³-hybridized carbons (Fsp3) is 0.259. The molecule has 0 aliphatic carbocycles. The third-order valence-electron chi connectivity index (χ3n) is 6.69. The molecule has 1 atom stereocenters. The minimum atomic E-state index is -0.359. The number of rotatable bonds is 6. The Bertz CT molecular complexity index is 1580. The predicted octanol–water partition coefficient (Wildman–Crippen LogP) is 4.55. The fourth-order valence-electron chi connectivity index (χ4n) is 4.87. The van der Waals surface area contributed by atoms with Crippen LogP contribution in [0.4, 0.5) is 5.82 Å². The lowest BCUT2D eigenvalue weighted by molar-refractivity contribution is 0.233. The molecule has 1 aliphatic rings. The molecule has 0 saturated carbocycles. The average Bonchev–Trinajstić information content (AvgIpc) is 3.40. The van der Waals surface area contributed by atoms with Crippen molar-refractivity contribution in [1.82, 2.24) is 30.2 Å². The standard InChI is InChI=1S/C27H27N7O2.2ClH/c1-17(33-26-23-25(30-15-29-23)31-16-32-26)24-22(20-4-2-3-5-21(20)27(35)36-24)19-8-6-18(7-9-19)14-34-12-10-28-11-13-34;;/h2-9,15-17,28H,10-14H2,1H3,(H2,29,30,31,32,33);2*1H. The third-order valence-corrected chi connectivity index (χ3v) is 6.69. The Morgan fingerprint density at radius 3 is 2.50 bits per heavy atom. The minimum Gasteiger partial charge on any atom is -0.425 e. The molecule has 2 aromatic carbocycles. The Balaban J connectivity index is 0.00000168. The molecule has 1 saturated heterocycles. The molecule has 0 spiro atoms. The van der Waals surface area contributed by atoms with Gasteiger partial charge in [-0.25, -0.2) is 19.7 Å². The van der Waals surface area contributed by atoms with Crippen molar-refractivity contribution >= 4 is 52.6 Å². The lowest BCUT2D eigenvalue weighted by atomic mass is 9.95. The van der Waals surface area contributed by atoms with Crippen LogP contribution in [0.15, 0.2) is 70.4 Å². The van der Waals surface area contributed by atoms with Crippen LogP contribution < -0.4 is 16.3 Å². The van der Waals surface area contributed by atoms with E-state index in [2.05, 4.69) is 59.7 Å². The molecule has 1 unspecified atom stereocenters. The van der Waals surface area contributed by atoms with E-state index in [1.54, 1.807) is 6.33 Å². The van der Waals surface area contributed by atoms with Gasteiger partial charge in [-0.05, 0) is 24.1 Å². The molecule has 3 aromatic heterocycles. The number of nitrogens with zero attached hydrogens (tertiary/aromatic N) is 4. The summed E-state index contributed by atoms with van der Waals surface area (Å²) in [5.74, 6) is 1.15. The summed E-state index contributed by atoms with van der Waals surface area (Å²) in [5.41, 5.74) is 4.07. The maximum Gasteiger partial charge on any atom is 0.343 e. The minimum absolute atomic E-state index is 0. The molecule has 5 aromatic rings. The van der Waals surface area contributed by atoms with Gasteiger partial charge in [0.1, 0.15) is 17.6 Å². The number of aromatic nitrogens is 4. The second-order valence-electron chi connectivity index (χ2n) is 9.09. The first-order valence-corrected chi connectivity index (χ1v) is 12.2. The monoisotopic (exact) mass is 553 g/mol. The van der Waals surface area contributed by atoms with E-state index < -0.39 is 0 Å². The van der Waals surface area contributed by atoms with Gasteiger partial charge >= 0.3 is 5.63 Å². The number of hydrogen-bond acceptors (Lipinski definition) is 8. The number of hydrogen-bond donors (Lipinski definition) is 3. The van der Waals surface area contributed by atoms with Gasteiger partial charge in [0.25, 0.3) is 0 Å². The Morgan fingerprint density at radius 2 is 1.74 bits per heavy atom. The largest absolute Gasteiger partial charge is 0.425 e. The number of nitrogens with one attached hydrogen (secondary N) is 3. The summed E-state index contributed by atoms with van der Waals surface area (Å²) in [6.07, 6.45) is 3.05. The van der Waals surface area contributed by atoms with Crippen LogP contribution in [0.3, 0.4) is 0 Å². The van der Waals surface area contributed by atoms with E-state index in [9.17, 15) is 4.79 Å². The quantitative estimate of drug-likeness (QED) is 0.281. The van der Waals surface area contributed by atoms with Crippen LogP contribution >= 0.6 is 24.8 Å². The number of anilines is 1. The molecule has 0 bridgehead atoms. The molecule has 198 valence electrons. The van der Waals surface area contributed by atoms with Gasteiger partial charge in [0, 0.05) is 43.7 Å². The topological polar surface area (TPSA) is 112 Å². The number of imidazole rings is 1. The molecule has 0 radical (unpaired) electrons. The van der Waals surface area contributed by atoms with Gasteiger partial charge < -0.3 is 20.0 Å². The lowest BCUT2D eigenvalue weighted by Crippen LogP contribution is -2.42. The number of aromatic amines is 1. The zero-order valence-corrected chi connectivity index (χ0v) is 22.4. The number of benzene rings is 2. The van der Waals surface area contributed by atoms with Gasteiger partial charge in [0.05, 0.1) is 17.8 Å². The van der Waals surface area contributed by atoms with Crippen molar-refractivity contribution in [2.45, 2.75) is 19.5 Å². The normalized spacial score (nSPS) is 14.6. The van der Waals surface area contributed by atoms with Crippen LogP contribution in [0.1, 0.15) is 24.3 Å². The fourth-order valence-corrected chi connectivity index (χ4v) is 4.87. The third kappa shape index (κ3) is 5.37. The molecule has 9 nitrogen and oxygen atoms in total. The first kappa shape index (κ1) is 27.5. The van der Waals surface area contributed by atoms with Gasteiger partial charge in [0.2, 0.25) is 0 Å². The highest BCUT2D eigenvalue weighted by Crippen LogP contribution is 2.35. The highest BCUT2D eigenvalue weighted by Gasteiger charge is 2.22. The first-order valence-electron chi connectivity index (χ1n) is 12.2. The summed E-state index contributed by atoms with van der Waals surface area (Å²) in [5, 5.41) is 8.21. The molecule has 4 heterocycles. The van der Waals surface area contributed by atoms with E-state index in [1.165, 1.54) is 11.9 Å². The molecule has 0 amide bonds. The maximum atomic E-state index is 12.9. The van der Waals surface area contributed by atoms with Crippen LogP contribution in [0.25, 0.3) is 33.1 Å². The Labute approximate surface area is 231 Å². The summed E-state index contributed by atoms with van der Waals surface area (Å²) >= 11 is 0. The SMILES string of the molecule is CC(Nc1ncnc2nc[nH]c12)c1oc(=O)c2ccccc2c1-c1ccc(CN2CCNCC2)cc1.Cl.Cl. The van der Waals surface area contributed by atoms with E-state index in [-0.39, 0.29) is 36.5 Å². The molecule has 1 aliphatic heterocycles. The zero-order chi connectivity index (χ0) is 24.5. The highest BCUT2D eigenvalue weighted by molar-refractivity contribution is 5.97. The van der Waals surface area contributed by atoms with Crippen molar-refractivity contribution in [3.63, 3.8) is 0 Å². The maximum absolute atomic E-state index is 12.9. The van der Waals surface area contributed by atoms with Crippen molar-refractivity contribution in [2.75, 3.05) is 31.5 Å². The van der Waals surface area contributed by atoms with E-state index >= 15 is 0 Å². The summed E-state index contributed by atoms with van der Waals surface area (Å²) in [6.45, 7) is 7.04. The van der Waals surface area contributed by atoms with Gasteiger partial charge in [-0.15, -0.1) is 24.8 Å². The smallest absolute Gasteiger partial charge is 0.343 e. The average molecular weight is 554 g/mol. The number of fused-ring (bicyclic) bond motifs is 2. The van der Waals surface area contributed by atoms with Crippen LogP contribution in [-0.4, -0.2) is 51.0 Å². The van der Waals surface area contributed by atoms with Gasteiger partial charge in [-0.2, -0.15) is 0 Å². The second kappa shape index (κ2) is 11.9. The summed E-state index contributed by atoms with van der Waals surface area (Å²) in [7, 11) is 0. The van der Waals surface area contributed by atoms with E-state index in [1.807, 2.05) is 31.2 Å². The number of halogens is 2. The molecule has 11 heteroatoms. The van der Waals surface area contributed by atoms with E-state index in [0.717, 1.165) is 49.2 Å². The van der Waals surface area contributed by atoms with E-state index in [0.29, 0.717) is 28.1 Å². The van der Waals surface area contributed by atoms with Crippen LogP contribution in [-0.2, 0) is 6.54 Å². The van der Waals surface area contributed by atoms with Gasteiger partial charge in [-0.1, -0.05) is 42.5 Å².